The number of hydrogen-bond donors (Lipinski definition) is 5. The fraction of sp³-hybridized carbons (Fsp3) is 0.136. The Hall–Kier alpha value is -10.5. The van der Waals surface area contributed by atoms with E-state index in [1.165, 1.54) is 54.6 Å². The molecule has 1 saturated heterocycles. The van der Waals surface area contributed by atoms with Crippen LogP contribution in [0.1, 0.15) is 22.8 Å². The molecule has 83 heavy (non-hydrogen) atoms. The van der Waals surface area contributed by atoms with E-state index in [2.05, 4.69) is 50.3 Å². The van der Waals surface area contributed by atoms with Crippen molar-refractivity contribution in [2.45, 2.75) is 27.7 Å². The molecular formula is C44H41Cl3N18O17V. The third-order valence-corrected chi connectivity index (χ3v) is 9.79. The van der Waals surface area contributed by atoms with Crippen molar-refractivity contribution >= 4 is 117 Å². The molecule has 8 heterocycles. The number of H-pyrrole nitrogens is 1. The number of aromatic nitrogens is 7. The third kappa shape index (κ3) is 25.0. The van der Waals surface area contributed by atoms with Gasteiger partial charge in [0.15, 0.2) is 0 Å². The first kappa shape index (κ1) is 70.5. The quantitative estimate of drug-likeness (QED) is 0.0251. The first-order chi connectivity index (χ1) is 38.6. The largest absolute Gasteiger partial charge is 0.410 e. The molecule has 0 aliphatic carbocycles. The number of nitrogen functional groups attached to an aromatic ring is 2. The predicted octanol–water partition coefficient (Wildman–Crippen LogP) is 7.16. The van der Waals surface area contributed by atoms with E-state index < -0.39 is 40.8 Å². The van der Waals surface area contributed by atoms with Crippen LogP contribution in [0.5, 0.6) is 5.88 Å². The van der Waals surface area contributed by atoms with E-state index in [1.54, 1.807) is 43.9 Å². The Morgan fingerprint density at radius 2 is 0.952 bits per heavy atom. The maximum absolute atomic E-state index is 10.8. The summed E-state index contributed by atoms with van der Waals surface area (Å²) in [5.41, 5.74) is 11.5. The van der Waals surface area contributed by atoms with E-state index in [0.717, 1.165) is 24.8 Å². The molecule has 1 aliphatic heterocycles. The molecule has 2 amide bonds. The summed E-state index contributed by atoms with van der Waals surface area (Å²) in [4.78, 5) is 125. The number of rotatable bonds is 13. The molecule has 0 atom stereocenters. The van der Waals surface area contributed by atoms with Crippen LogP contribution >= 0.6 is 34.8 Å². The number of ether oxygens (including phenoxy) is 1. The van der Waals surface area contributed by atoms with Gasteiger partial charge in [-0.15, -0.1) is 0 Å². The Balaban J connectivity index is 0.000000486. The SMILES string of the molecule is Cc1ccc([N+](=O)[O-])c(=O)[nH]1.Cc1ccc([N+](=O)[O-])c(Cl)n1.Cc1ccc([N+](=O)[O-])c(N)n1.Cc1cccc(N)n1.O=CNc1ccc([N+](=O)[O-])c(Cl)n1.O=CNc1ccc([N+](=O)[O-])c(N2CC2)n1.O=COc1ccc([N+](=O)[O-])c(Cl)n1.[V]. The molecule has 435 valence electrons. The summed E-state index contributed by atoms with van der Waals surface area (Å²) >= 11 is 16.3. The zero-order valence-corrected chi connectivity index (χ0v) is 46.5. The number of carbonyl (C=O) groups excluding carboxylic acids is 3. The van der Waals surface area contributed by atoms with Crippen molar-refractivity contribution in [2.75, 3.05) is 40.1 Å². The molecule has 7 aromatic rings. The molecule has 8 rings (SSSR count). The summed E-state index contributed by atoms with van der Waals surface area (Å²) in [5, 5.41) is 65.7. The van der Waals surface area contributed by atoms with Crippen LogP contribution < -0.4 is 37.3 Å². The second-order valence-corrected chi connectivity index (χ2v) is 16.0. The van der Waals surface area contributed by atoms with Crippen molar-refractivity contribution in [2.24, 2.45) is 0 Å². The minimum atomic E-state index is -0.710. The van der Waals surface area contributed by atoms with Gasteiger partial charge in [0.25, 0.3) is 6.47 Å². The number of hydrogen-bond acceptors (Lipinski definition) is 26. The number of nitrogens with one attached hydrogen (secondary N) is 3. The Labute approximate surface area is 491 Å². The molecule has 0 spiro atoms. The molecule has 0 bridgehead atoms. The van der Waals surface area contributed by atoms with Crippen LogP contribution in [0.15, 0.2) is 95.8 Å². The topological polar surface area (TPSA) is 509 Å². The number of aryl methyl sites for hydroxylation is 4. The van der Waals surface area contributed by atoms with Gasteiger partial charge in [-0.1, -0.05) is 40.9 Å². The van der Waals surface area contributed by atoms with E-state index in [0.29, 0.717) is 47.4 Å². The van der Waals surface area contributed by atoms with Crippen LogP contribution in [0.4, 0.5) is 63.2 Å². The van der Waals surface area contributed by atoms with Gasteiger partial charge < -0.3 is 36.7 Å². The fourth-order valence-corrected chi connectivity index (χ4v) is 5.94. The number of nitro groups is 6. The van der Waals surface area contributed by atoms with Crippen molar-refractivity contribution < 1.29 is 67.2 Å². The zero-order chi connectivity index (χ0) is 61.8. The van der Waals surface area contributed by atoms with Gasteiger partial charge in [-0.25, -0.2) is 24.9 Å². The van der Waals surface area contributed by atoms with Crippen LogP contribution in [0.2, 0.25) is 15.5 Å². The third-order valence-electron chi connectivity index (χ3n) is 8.95. The maximum Gasteiger partial charge on any atom is 0.333 e. The number of pyridine rings is 7. The maximum atomic E-state index is 10.8. The predicted molar refractivity (Wildman–Crippen MR) is 293 cm³/mol. The number of nitrogens with two attached hydrogens (primary N) is 2. The van der Waals surface area contributed by atoms with Crippen LogP contribution in [0.25, 0.3) is 0 Å². The molecule has 7 aromatic heterocycles. The summed E-state index contributed by atoms with van der Waals surface area (Å²) in [6.07, 6.45) is 0.894. The molecule has 0 unspecified atom stereocenters. The molecule has 0 aromatic carbocycles. The van der Waals surface area contributed by atoms with Gasteiger partial charge in [0.2, 0.25) is 45.8 Å². The molecule has 0 saturated carbocycles. The number of halogens is 3. The fourth-order valence-electron chi connectivity index (χ4n) is 5.23. The smallest absolute Gasteiger partial charge is 0.333 e. The number of aromatic amines is 1. The molecular weight excluding hydrogens is 1210 g/mol. The van der Waals surface area contributed by atoms with Gasteiger partial charge in [-0.2, -0.15) is 4.98 Å². The molecule has 1 fully saturated rings. The van der Waals surface area contributed by atoms with Crippen molar-refractivity contribution in [3.05, 3.63) is 200 Å². The van der Waals surface area contributed by atoms with Crippen LogP contribution in [0, 0.1) is 88.4 Å². The molecule has 1 aliphatic rings. The monoisotopic (exact) mass is 1250 g/mol. The number of amides is 2. The van der Waals surface area contributed by atoms with E-state index in [-0.39, 0.29) is 86.4 Å². The van der Waals surface area contributed by atoms with Crippen molar-refractivity contribution in [3.8, 4) is 5.88 Å². The average molecular weight is 1250 g/mol. The van der Waals surface area contributed by atoms with Crippen LogP contribution in [-0.2, 0) is 32.9 Å². The molecule has 39 heteroatoms. The minimum Gasteiger partial charge on any atom is -0.410 e. The number of anilines is 5. The number of carbonyl (C=O) groups is 3. The van der Waals surface area contributed by atoms with E-state index in [1.807, 2.05) is 19.1 Å². The summed E-state index contributed by atoms with van der Waals surface area (Å²) in [6, 6.07) is 21.5. The molecule has 7 N–H and O–H groups in total. The first-order valence-electron chi connectivity index (χ1n) is 21.9. The normalized spacial score (nSPS) is 10.0. The summed E-state index contributed by atoms with van der Waals surface area (Å²) < 4.78 is 4.32. The van der Waals surface area contributed by atoms with Crippen molar-refractivity contribution in [1.82, 2.24) is 34.9 Å². The Kier molecular flexibility index (Phi) is 29.9. The number of nitrogens with zero attached hydrogens (tertiary/aromatic N) is 13. The molecule has 1 radical (unpaired) electrons. The van der Waals surface area contributed by atoms with Crippen LogP contribution in [0.3, 0.4) is 0 Å². The van der Waals surface area contributed by atoms with E-state index >= 15 is 0 Å². The summed E-state index contributed by atoms with van der Waals surface area (Å²) in [7, 11) is 0. The van der Waals surface area contributed by atoms with E-state index in [4.69, 9.17) is 46.3 Å². The second kappa shape index (κ2) is 35.2. The van der Waals surface area contributed by atoms with Crippen molar-refractivity contribution in [3.63, 3.8) is 0 Å². The molecule has 35 nitrogen and oxygen atoms in total. The van der Waals surface area contributed by atoms with Crippen molar-refractivity contribution in [1.29, 1.82) is 0 Å². The average Bonchev–Trinajstić information content (AvgIpc) is 4.47. The van der Waals surface area contributed by atoms with Gasteiger partial charge in [-0.05, 0) is 70.2 Å². The van der Waals surface area contributed by atoms with Gasteiger partial charge in [0.05, 0.1) is 29.5 Å². The Morgan fingerprint density at radius 3 is 1.35 bits per heavy atom. The standard InChI is InChI=1S/C8H8N4O3.C6H4ClN3O3.C6H3ClN2O4.C6H5ClN2O2.C6H7N3O2.C6H6N2O3.C6H8N2.V/c13-5-9-7-2-1-6(12(14)15)8(10-7)11-3-4-11;7-6-4(10(12)13)1-2-5(9-6)8-3-11;7-6-4(9(11)12)1-2-5(8-6)13-3-10;2*1-4-2-3-5(9(10)11)6(7)8-4;1-4-2-3-5(8(10)11)6(9)7-4;1-5-3-2-4-6(7)8-5;/h1-2,5H,3-4H2,(H,9,10,13);1-3H,(H,8,9,11);1-3H;2-3H,1H3;2-3H,1H3,(H2,7,8);2-3H,1H3,(H,7,9);2-4H,1H3,(H2,7,8);. The van der Waals surface area contributed by atoms with Gasteiger partial charge in [0.1, 0.15) is 17.5 Å². The Morgan fingerprint density at radius 1 is 0.530 bits per heavy atom. The van der Waals surface area contributed by atoms with Gasteiger partial charge in [-0.3, -0.25) is 79.9 Å². The summed E-state index contributed by atoms with van der Waals surface area (Å²) in [6.45, 7) is 8.69. The van der Waals surface area contributed by atoms with Gasteiger partial charge in [0, 0.05) is 96.9 Å². The Bertz CT molecular complexity index is 3380. The van der Waals surface area contributed by atoms with Crippen LogP contribution in [-0.4, -0.2) is 96.8 Å². The minimum absolute atomic E-state index is 0. The van der Waals surface area contributed by atoms with Gasteiger partial charge >= 0.3 is 39.7 Å². The first-order valence-corrected chi connectivity index (χ1v) is 23.0. The van der Waals surface area contributed by atoms with E-state index in [9.17, 15) is 79.9 Å². The zero-order valence-electron chi connectivity index (χ0n) is 42.8. The summed E-state index contributed by atoms with van der Waals surface area (Å²) in [5.74, 6) is 1.28. The second-order valence-electron chi connectivity index (χ2n) is 15.0.